The Hall–Kier alpha value is -2.88. The lowest BCUT2D eigenvalue weighted by molar-refractivity contribution is 0.613. The first-order valence-corrected chi connectivity index (χ1v) is 7.73. The van der Waals surface area contributed by atoms with E-state index in [9.17, 15) is 0 Å². The predicted molar refractivity (Wildman–Crippen MR) is 92.9 cm³/mol. The molecule has 0 atom stereocenters. The van der Waals surface area contributed by atoms with Crippen molar-refractivity contribution in [1.82, 2.24) is 4.98 Å². The van der Waals surface area contributed by atoms with Gasteiger partial charge in [0.25, 0.3) is 0 Å². The van der Waals surface area contributed by atoms with Crippen LogP contribution >= 0.6 is 0 Å². The third kappa shape index (κ3) is 2.14. The van der Waals surface area contributed by atoms with Crippen molar-refractivity contribution in [3.63, 3.8) is 0 Å². The van der Waals surface area contributed by atoms with Crippen LogP contribution in [0, 0.1) is 12.3 Å². The minimum Gasteiger partial charge on any atom is -0.453 e. The van der Waals surface area contributed by atoms with Gasteiger partial charge in [-0.15, -0.1) is 0 Å². The number of nitrogens with zero attached hydrogens (tertiary/aromatic N) is 1. The van der Waals surface area contributed by atoms with Crippen molar-refractivity contribution in [2.45, 2.75) is 13.8 Å². The summed E-state index contributed by atoms with van der Waals surface area (Å²) in [6, 6.07) is 13.6. The largest absolute Gasteiger partial charge is 0.453 e. The fourth-order valence-corrected chi connectivity index (χ4v) is 2.99. The molecule has 0 fully saturated rings. The molecule has 0 unspecified atom stereocenters. The fraction of sp³-hybridized carbons (Fsp3) is 0.158. The minimum atomic E-state index is 0.456. The first-order chi connectivity index (χ1) is 11.2. The summed E-state index contributed by atoms with van der Waals surface area (Å²) in [7, 11) is 0. The Bertz CT molecular complexity index is 1070. The molecule has 0 saturated carbocycles. The van der Waals surface area contributed by atoms with Gasteiger partial charge in [-0.25, -0.2) is 4.98 Å². The Labute approximate surface area is 133 Å². The van der Waals surface area contributed by atoms with Gasteiger partial charge in [0, 0.05) is 35.1 Å². The lowest BCUT2D eigenvalue weighted by Crippen LogP contribution is -2.04. The van der Waals surface area contributed by atoms with Gasteiger partial charge >= 0.3 is 0 Å². The number of benzene rings is 3. The molecule has 23 heavy (non-hydrogen) atoms. The van der Waals surface area contributed by atoms with Crippen LogP contribution in [0.3, 0.4) is 0 Å². The van der Waals surface area contributed by atoms with E-state index in [0.29, 0.717) is 11.1 Å². The van der Waals surface area contributed by atoms with Gasteiger partial charge in [-0.1, -0.05) is 24.3 Å². The first kappa shape index (κ1) is 13.8. The van der Waals surface area contributed by atoms with Crippen LogP contribution in [-0.4, -0.2) is 11.5 Å². The van der Waals surface area contributed by atoms with Gasteiger partial charge in [0.2, 0.25) is 0 Å². The lowest BCUT2D eigenvalue weighted by atomic mass is 10.0. The molecule has 0 spiro atoms. The molecule has 0 amide bonds. The van der Waals surface area contributed by atoms with Gasteiger partial charge in [0.15, 0.2) is 11.3 Å². The maximum atomic E-state index is 8.20. The highest BCUT2D eigenvalue weighted by atomic mass is 16.3. The second-order valence-corrected chi connectivity index (χ2v) is 5.70. The topological polar surface area (TPSA) is 61.9 Å². The van der Waals surface area contributed by atoms with Crippen LogP contribution in [-0.2, 0) is 0 Å². The number of hydrogen-bond acceptors (Lipinski definition) is 4. The zero-order valence-corrected chi connectivity index (χ0v) is 13.1. The van der Waals surface area contributed by atoms with Gasteiger partial charge in [-0.3, -0.25) is 0 Å². The van der Waals surface area contributed by atoms with Gasteiger partial charge < -0.3 is 15.1 Å². The zero-order chi connectivity index (χ0) is 16.0. The number of nitrogens with one attached hydrogen (secondary N) is 2. The molecule has 0 aromatic heterocycles. The van der Waals surface area contributed by atoms with Crippen LogP contribution in [0.2, 0.25) is 0 Å². The van der Waals surface area contributed by atoms with Crippen molar-refractivity contribution < 1.29 is 4.42 Å². The molecular formula is C19H17N3O. The van der Waals surface area contributed by atoms with Crippen molar-refractivity contribution in [2.75, 3.05) is 11.9 Å². The van der Waals surface area contributed by atoms with E-state index in [1.807, 2.05) is 36.4 Å². The van der Waals surface area contributed by atoms with Crippen LogP contribution in [0.4, 0.5) is 5.69 Å². The summed E-state index contributed by atoms with van der Waals surface area (Å²) in [5, 5.41) is 13.8. The molecule has 1 aliphatic heterocycles. The molecule has 0 saturated heterocycles. The summed E-state index contributed by atoms with van der Waals surface area (Å²) in [6.07, 6.45) is 0. The molecule has 2 N–H and O–H groups in total. The maximum absolute atomic E-state index is 8.20. The number of fused-ring (bicyclic) bond motifs is 4. The summed E-state index contributed by atoms with van der Waals surface area (Å²) in [5.41, 5.74) is 4.56. The van der Waals surface area contributed by atoms with Crippen molar-refractivity contribution in [3.8, 4) is 11.5 Å². The lowest BCUT2D eigenvalue weighted by Gasteiger charge is -2.12. The van der Waals surface area contributed by atoms with Gasteiger partial charge in [0.05, 0.1) is 5.36 Å². The summed E-state index contributed by atoms with van der Waals surface area (Å²) < 4.78 is 6.05. The highest BCUT2D eigenvalue weighted by molar-refractivity contribution is 5.96. The number of aromatic nitrogens is 1. The van der Waals surface area contributed by atoms with Gasteiger partial charge in [0.1, 0.15) is 11.2 Å². The van der Waals surface area contributed by atoms with E-state index < -0.39 is 0 Å². The molecule has 4 heteroatoms. The summed E-state index contributed by atoms with van der Waals surface area (Å²) in [6.45, 7) is 4.99. The molecule has 114 valence electrons. The molecule has 2 aromatic carbocycles. The third-order valence-electron chi connectivity index (χ3n) is 4.11. The van der Waals surface area contributed by atoms with E-state index in [1.54, 1.807) is 6.07 Å². The smallest absolute Gasteiger partial charge is 0.155 e. The molecule has 1 heterocycles. The Balaban J connectivity index is 2.11. The SMILES string of the molecule is CCNc1cc2oc3cc(=N)c4ccccc4c-3nc2cc1C. The van der Waals surface area contributed by atoms with E-state index in [2.05, 4.69) is 19.2 Å². The van der Waals surface area contributed by atoms with E-state index in [-0.39, 0.29) is 0 Å². The van der Waals surface area contributed by atoms with Crippen LogP contribution in [0.25, 0.3) is 33.3 Å². The Morgan fingerprint density at radius 2 is 1.91 bits per heavy atom. The highest BCUT2D eigenvalue weighted by Crippen LogP contribution is 2.31. The molecule has 0 bridgehead atoms. The molecule has 0 radical (unpaired) electrons. The second kappa shape index (κ2) is 5.09. The van der Waals surface area contributed by atoms with Gasteiger partial charge in [-0.05, 0) is 25.5 Å². The number of aryl methyl sites for hydroxylation is 1. The van der Waals surface area contributed by atoms with Crippen LogP contribution < -0.4 is 10.7 Å². The fourth-order valence-electron chi connectivity index (χ4n) is 2.99. The molecule has 4 nitrogen and oxygen atoms in total. The average molecular weight is 303 g/mol. The standard InChI is InChI=1S/C19H17N3O/c1-3-21-15-10-17-16(8-11(15)2)22-19-13-7-5-4-6-12(13)14(20)9-18(19)23-17/h4-10,20-21H,3H2,1-2H3. The van der Waals surface area contributed by atoms with Crippen molar-refractivity contribution in [3.05, 3.63) is 53.4 Å². The summed E-state index contributed by atoms with van der Waals surface area (Å²) >= 11 is 0. The Kier molecular flexibility index (Phi) is 3.05. The zero-order valence-electron chi connectivity index (χ0n) is 13.1. The van der Waals surface area contributed by atoms with Crippen molar-refractivity contribution in [1.29, 1.82) is 5.41 Å². The number of hydrogen-bond donors (Lipinski definition) is 2. The normalized spacial score (nSPS) is 11.4. The highest BCUT2D eigenvalue weighted by Gasteiger charge is 2.15. The van der Waals surface area contributed by atoms with E-state index >= 15 is 0 Å². The molecular weight excluding hydrogens is 286 g/mol. The Morgan fingerprint density at radius 1 is 1.13 bits per heavy atom. The molecule has 2 aromatic rings. The minimum absolute atomic E-state index is 0.456. The summed E-state index contributed by atoms with van der Waals surface area (Å²) in [4.78, 5) is 4.80. The van der Waals surface area contributed by atoms with E-state index in [0.717, 1.165) is 45.4 Å². The molecule has 4 rings (SSSR count). The quantitative estimate of drug-likeness (QED) is 0.428. The molecule has 2 aliphatic rings. The number of anilines is 1. The van der Waals surface area contributed by atoms with E-state index in [1.165, 1.54) is 0 Å². The molecule has 1 aliphatic carbocycles. The van der Waals surface area contributed by atoms with Crippen molar-refractivity contribution in [2.24, 2.45) is 0 Å². The Morgan fingerprint density at radius 3 is 2.70 bits per heavy atom. The number of rotatable bonds is 2. The van der Waals surface area contributed by atoms with Crippen molar-refractivity contribution >= 4 is 27.6 Å². The summed E-state index contributed by atoms with van der Waals surface area (Å²) in [5.74, 6) is 0.646. The van der Waals surface area contributed by atoms with E-state index in [4.69, 9.17) is 14.8 Å². The average Bonchev–Trinajstić information content (AvgIpc) is 2.55. The second-order valence-electron chi connectivity index (χ2n) is 5.70. The maximum Gasteiger partial charge on any atom is 0.155 e. The monoisotopic (exact) mass is 303 g/mol. The van der Waals surface area contributed by atoms with Crippen LogP contribution in [0.5, 0.6) is 0 Å². The first-order valence-electron chi connectivity index (χ1n) is 7.73. The van der Waals surface area contributed by atoms with Crippen LogP contribution in [0.15, 0.2) is 46.9 Å². The predicted octanol–water partition coefficient (Wildman–Crippen LogP) is 4.31. The van der Waals surface area contributed by atoms with Gasteiger partial charge in [-0.2, -0.15) is 0 Å². The third-order valence-corrected chi connectivity index (χ3v) is 4.11. The van der Waals surface area contributed by atoms with Crippen LogP contribution in [0.1, 0.15) is 12.5 Å².